The van der Waals surface area contributed by atoms with E-state index in [1.807, 2.05) is 30.3 Å². The topological polar surface area (TPSA) is 71.1 Å². The van der Waals surface area contributed by atoms with Crippen molar-refractivity contribution < 1.29 is 28.5 Å². The standard InChI is InChI=1S/C22H24O6/c1-5-27-19(23)13-15(2)20(24)17-11-12-18(25-3)22(26-4)21(17)28-14-16-9-7-6-8-10-16/h6-13H,5,14H2,1-4H3/b15-13+. The van der Waals surface area contributed by atoms with Crippen molar-refractivity contribution in [2.24, 2.45) is 0 Å². The predicted molar refractivity (Wildman–Crippen MR) is 105 cm³/mol. The minimum atomic E-state index is -0.569. The Kier molecular flexibility index (Phi) is 7.63. The van der Waals surface area contributed by atoms with Gasteiger partial charge < -0.3 is 18.9 Å². The number of carbonyl (C=O) groups excluding carboxylic acids is 2. The Bertz CT molecular complexity index is 855. The van der Waals surface area contributed by atoms with E-state index in [4.69, 9.17) is 18.9 Å². The van der Waals surface area contributed by atoms with Crippen LogP contribution in [0.15, 0.2) is 54.1 Å². The van der Waals surface area contributed by atoms with Gasteiger partial charge in [-0.25, -0.2) is 4.79 Å². The number of hydrogen-bond acceptors (Lipinski definition) is 6. The zero-order chi connectivity index (χ0) is 20.5. The van der Waals surface area contributed by atoms with Crippen molar-refractivity contribution in [2.75, 3.05) is 20.8 Å². The van der Waals surface area contributed by atoms with Gasteiger partial charge >= 0.3 is 5.97 Å². The summed E-state index contributed by atoms with van der Waals surface area (Å²) in [5.74, 6) is 0.0762. The van der Waals surface area contributed by atoms with Gasteiger partial charge in [-0.1, -0.05) is 30.3 Å². The summed E-state index contributed by atoms with van der Waals surface area (Å²) in [5, 5.41) is 0. The maximum Gasteiger partial charge on any atom is 0.331 e. The van der Waals surface area contributed by atoms with Gasteiger partial charge in [0.25, 0.3) is 0 Å². The van der Waals surface area contributed by atoms with Crippen molar-refractivity contribution in [1.82, 2.24) is 0 Å². The van der Waals surface area contributed by atoms with Crippen LogP contribution in [0.25, 0.3) is 0 Å². The molecule has 0 unspecified atom stereocenters. The molecule has 0 aromatic heterocycles. The minimum Gasteiger partial charge on any atom is -0.493 e. The molecule has 2 aromatic carbocycles. The first-order valence-corrected chi connectivity index (χ1v) is 8.83. The van der Waals surface area contributed by atoms with Crippen molar-refractivity contribution in [3.8, 4) is 17.2 Å². The maximum atomic E-state index is 12.9. The van der Waals surface area contributed by atoms with Crippen molar-refractivity contribution in [3.63, 3.8) is 0 Å². The molecule has 2 rings (SSSR count). The number of Topliss-reactive ketones (excluding diaryl/α,β-unsaturated/α-hetero) is 1. The Morgan fingerprint density at radius 1 is 0.964 bits per heavy atom. The van der Waals surface area contributed by atoms with E-state index in [1.54, 1.807) is 26.0 Å². The fourth-order valence-corrected chi connectivity index (χ4v) is 2.59. The summed E-state index contributed by atoms with van der Waals surface area (Å²) in [7, 11) is 2.98. The van der Waals surface area contributed by atoms with Crippen LogP contribution in [-0.4, -0.2) is 32.6 Å². The molecule has 0 heterocycles. The monoisotopic (exact) mass is 384 g/mol. The summed E-state index contributed by atoms with van der Waals surface area (Å²) in [6.07, 6.45) is 1.17. The van der Waals surface area contributed by atoms with E-state index in [9.17, 15) is 9.59 Å². The van der Waals surface area contributed by atoms with E-state index in [0.29, 0.717) is 11.5 Å². The van der Waals surface area contributed by atoms with Crippen LogP contribution in [0.3, 0.4) is 0 Å². The van der Waals surface area contributed by atoms with Crippen LogP contribution >= 0.6 is 0 Å². The molecule has 0 radical (unpaired) electrons. The van der Waals surface area contributed by atoms with Crippen LogP contribution in [0.2, 0.25) is 0 Å². The number of ketones is 1. The number of ether oxygens (including phenoxy) is 4. The average molecular weight is 384 g/mol. The van der Waals surface area contributed by atoms with E-state index in [1.165, 1.54) is 20.3 Å². The van der Waals surface area contributed by atoms with Crippen LogP contribution in [0.1, 0.15) is 29.8 Å². The lowest BCUT2D eigenvalue weighted by molar-refractivity contribution is -0.137. The summed E-state index contributed by atoms with van der Waals surface area (Å²) in [4.78, 5) is 24.6. The second-order valence-corrected chi connectivity index (χ2v) is 5.86. The molecule has 2 aromatic rings. The quantitative estimate of drug-likeness (QED) is 0.370. The van der Waals surface area contributed by atoms with Gasteiger partial charge in [0.1, 0.15) is 6.61 Å². The first-order chi connectivity index (χ1) is 13.5. The summed E-state index contributed by atoms with van der Waals surface area (Å²) >= 11 is 0. The van der Waals surface area contributed by atoms with E-state index >= 15 is 0 Å². The number of benzene rings is 2. The Morgan fingerprint density at radius 2 is 1.68 bits per heavy atom. The third kappa shape index (κ3) is 5.13. The normalized spacial score (nSPS) is 10.9. The summed E-state index contributed by atoms with van der Waals surface area (Å²) in [5.41, 5.74) is 1.44. The van der Waals surface area contributed by atoms with Gasteiger partial charge in [-0.05, 0) is 31.5 Å². The van der Waals surface area contributed by atoms with Gasteiger partial charge in [-0.15, -0.1) is 0 Å². The number of carbonyl (C=O) groups is 2. The highest BCUT2D eigenvalue weighted by molar-refractivity contribution is 6.13. The fraction of sp³-hybridized carbons (Fsp3) is 0.273. The molecule has 148 valence electrons. The van der Waals surface area contributed by atoms with Crippen molar-refractivity contribution in [2.45, 2.75) is 20.5 Å². The van der Waals surface area contributed by atoms with Gasteiger partial charge in [0.05, 0.1) is 26.4 Å². The SMILES string of the molecule is CCOC(=O)/C=C(\C)C(=O)c1ccc(OC)c(OC)c1OCc1ccccc1. The molecule has 0 aliphatic rings. The molecular formula is C22H24O6. The maximum absolute atomic E-state index is 12.9. The van der Waals surface area contributed by atoms with Crippen molar-refractivity contribution in [3.05, 3.63) is 65.2 Å². The molecule has 28 heavy (non-hydrogen) atoms. The van der Waals surface area contributed by atoms with Crippen LogP contribution in [-0.2, 0) is 16.1 Å². The molecule has 0 spiro atoms. The lowest BCUT2D eigenvalue weighted by Crippen LogP contribution is -2.10. The molecule has 0 atom stereocenters. The Morgan fingerprint density at radius 3 is 2.29 bits per heavy atom. The van der Waals surface area contributed by atoms with E-state index in [0.717, 1.165) is 5.56 Å². The molecule has 0 aliphatic heterocycles. The zero-order valence-corrected chi connectivity index (χ0v) is 16.5. The largest absolute Gasteiger partial charge is 0.493 e. The van der Waals surface area contributed by atoms with E-state index < -0.39 is 5.97 Å². The summed E-state index contributed by atoms with van der Waals surface area (Å²) in [6, 6.07) is 12.8. The van der Waals surface area contributed by atoms with Crippen LogP contribution in [0.5, 0.6) is 17.2 Å². The minimum absolute atomic E-state index is 0.232. The Balaban J connectivity index is 2.42. The molecule has 6 heteroatoms. The Labute approximate surface area is 164 Å². The second kappa shape index (κ2) is 10.2. The van der Waals surface area contributed by atoms with E-state index in [2.05, 4.69) is 0 Å². The fourth-order valence-electron chi connectivity index (χ4n) is 2.59. The van der Waals surface area contributed by atoms with Crippen molar-refractivity contribution >= 4 is 11.8 Å². The third-order valence-electron chi connectivity index (χ3n) is 3.95. The second-order valence-electron chi connectivity index (χ2n) is 5.86. The number of esters is 1. The lowest BCUT2D eigenvalue weighted by atomic mass is 10.0. The van der Waals surface area contributed by atoms with Gasteiger partial charge in [0, 0.05) is 11.6 Å². The van der Waals surface area contributed by atoms with Gasteiger partial charge in [-0.2, -0.15) is 0 Å². The smallest absolute Gasteiger partial charge is 0.331 e. The molecule has 0 saturated heterocycles. The molecule has 0 fully saturated rings. The molecule has 0 amide bonds. The molecule has 0 saturated carbocycles. The molecular weight excluding hydrogens is 360 g/mol. The average Bonchev–Trinajstić information content (AvgIpc) is 2.71. The first kappa shape index (κ1) is 21.0. The lowest BCUT2D eigenvalue weighted by Gasteiger charge is -2.17. The Hall–Kier alpha value is -3.28. The van der Waals surface area contributed by atoms with Gasteiger partial charge in [-0.3, -0.25) is 4.79 Å². The predicted octanol–water partition coefficient (Wildman–Crippen LogP) is 3.97. The zero-order valence-electron chi connectivity index (χ0n) is 16.5. The van der Waals surface area contributed by atoms with Crippen molar-refractivity contribution in [1.29, 1.82) is 0 Å². The molecule has 0 N–H and O–H groups in total. The highest BCUT2D eigenvalue weighted by Crippen LogP contribution is 2.41. The molecule has 0 bridgehead atoms. The van der Waals surface area contributed by atoms with Crippen LogP contribution in [0.4, 0.5) is 0 Å². The van der Waals surface area contributed by atoms with Crippen LogP contribution in [0, 0.1) is 0 Å². The van der Waals surface area contributed by atoms with Crippen LogP contribution < -0.4 is 14.2 Å². The summed E-state index contributed by atoms with van der Waals surface area (Å²) in [6.45, 7) is 3.73. The number of allylic oxidation sites excluding steroid dienone is 1. The van der Waals surface area contributed by atoms with E-state index in [-0.39, 0.29) is 35.9 Å². The molecule has 6 nitrogen and oxygen atoms in total. The number of hydrogen-bond donors (Lipinski definition) is 0. The number of rotatable bonds is 9. The highest BCUT2D eigenvalue weighted by atomic mass is 16.5. The summed E-state index contributed by atoms with van der Waals surface area (Å²) < 4.78 is 21.6. The molecule has 0 aliphatic carbocycles. The first-order valence-electron chi connectivity index (χ1n) is 8.83. The number of methoxy groups -OCH3 is 2. The van der Waals surface area contributed by atoms with Gasteiger partial charge in [0.15, 0.2) is 17.3 Å². The third-order valence-corrected chi connectivity index (χ3v) is 3.95. The van der Waals surface area contributed by atoms with Gasteiger partial charge in [0.2, 0.25) is 5.75 Å². The highest BCUT2D eigenvalue weighted by Gasteiger charge is 2.23.